The Kier molecular flexibility index (Phi) is 4.25. The molecule has 0 spiro atoms. The normalized spacial score (nSPS) is 10.5. The highest BCUT2D eigenvalue weighted by Gasteiger charge is 2.15. The minimum atomic E-state index is -0.642. The van der Waals surface area contributed by atoms with Gasteiger partial charge in [0.25, 0.3) is 5.91 Å². The summed E-state index contributed by atoms with van der Waals surface area (Å²) >= 11 is 6.10. The number of nitrogens with one attached hydrogen (secondary N) is 1. The number of nitrogens with zero attached hydrogens (tertiary/aromatic N) is 2. The Morgan fingerprint density at radius 2 is 2.00 bits per heavy atom. The summed E-state index contributed by atoms with van der Waals surface area (Å²) < 4.78 is 5.75. The summed E-state index contributed by atoms with van der Waals surface area (Å²) in [5.74, 6) is -0.0167. The fourth-order valence-electron chi connectivity index (χ4n) is 2.11. The monoisotopic (exact) mass is 328 g/mol. The molecule has 7 heteroatoms. The van der Waals surface area contributed by atoms with Crippen LogP contribution in [0, 0.1) is 0 Å². The summed E-state index contributed by atoms with van der Waals surface area (Å²) in [5, 5.41) is 10.8. The quantitative estimate of drug-likeness (QED) is 0.753. The highest BCUT2D eigenvalue weighted by molar-refractivity contribution is 6.31. The second-order valence-corrected chi connectivity index (χ2v) is 5.20. The van der Waals surface area contributed by atoms with E-state index in [1.165, 1.54) is 0 Å². The average Bonchev–Trinajstić information content (AvgIpc) is 3.04. The van der Waals surface area contributed by atoms with Crippen LogP contribution in [-0.4, -0.2) is 21.3 Å². The first-order chi connectivity index (χ1) is 11.1. The van der Waals surface area contributed by atoms with Crippen molar-refractivity contribution in [1.29, 1.82) is 0 Å². The number of carbonyl (C=O) groups excluding carboxylic acids is 1. The zero-order valence-electron chi connectivity index (χ0n) is 12.0. The molecule has 0 unspecified atom stereocenters. The van der Waals surface area contributed by atoms with Crippen LogP contribution >= 0.6 is 11.6 Å². The third-order valence-electron chi connectivity index (χ3n) is 3.24. The number of halogens is 1. The molecule has 3 aromatic rings. The molecule has 0 aliphatic heterocycles. The smallest absolute Gasteiger partial charge is 0.271 e. The number of aromatic nitrogens is 3. The number of carbonyl (C=O) groups is 1. The Bertz CT molecular complexity index is 847. The van der Waals surface area contributed by atoms with Gasteiger partial charge in [-0.05, 0) is 18.2 Å². The van der Waals surface area contributed by atoms with Gasteiger partial charge in [0.2, 0.25) is 0 Å². The zero-order chi connectivity index (χ0) is 16.2. The van der Waals surface area contributed by atoms with E-state index in [0.29, 0.717) is 28.6 Å². The van der Waals surface area contributed by atoms with Gasteiger partial charge in [0.15, 0.2) is 5.69 Å². The van der Waals surface area contributed by atoms with Crippen molar-refractivity contribution in [1.82, 2.24) is 15.4 Å². The van der Waals surface area contributed by atoms with Gasteiger partial charge in [0, 0.05) is 16.1 Å². The second-order valence-electron chi connectivity index (χ2n) is 4.79. The first kappa shape index (κ1) is 15.1. The van der Waals surface area contributed by atoms with E-state index in [9.17, 15) is 4.79 Å². The molecule has 6 nitrogen and oxygen atoms in total. The van der Waals surface area contributed by atoms with Crippen LogP contribution < -0.4 is 10.5 Å². The standard InChI is InChI=1S/C16H13ClN4O2/c17-13-7-2-1-4-11(13)9-23-12-6-3-5-10(8-12)14-15(16(18)22)20-21-19-14/h1-8H,9H2,(H2,18,22)(H,19,20,21). The number of benzene rings is 2. The van der Waals surface area contributed by atoms with Gasteiger partial charge in [-0.25, -0.2) is 0 Å². The van der Waals surface area contributed by atoms with Crippen LogP contribution in [0.5, 0.6) is 5.75 Å². The first-order valence-electron chi connectivity index (χ1n) is 6.82. The largest absolute Gasteiger partial charge is 0.489 e. The molecular formula is C16H13ClN4O2. The molecule has 0 aliphatic rings. The molecule has 116 valence electrons. The molecule has 0 radical (unpaired) electrons. The zero-order valence-corrected chi connectivity index (χ0v) is 12.7. The summed E-state index contributed by atoms with van der Waals surface area (Å²) in [6.07, 6.45) is 0. The Hall–Kier alpha value is -2.86. The Morgan fingerprint density at radius 1 is 1.17 bits per heavy atom. The molecule has 1 heterocycles. The molecule has 0 saturated carbocycles. The molecule has 1 amide bonds. The van der Waals surface area contributed by atoms with E-state index in [2.05, 4.69) is 15.4 Å². The maximum atomic E-state index is 11.3. The average molecular weight is 329 g/mol. The van der Waals surface area contributed by atoms with Gasteiger partial charge in [-0.15, -0.1) is 0 Å². The molecule has 1 aromatic heterocycles. The first-order valence-corrected chi connectivity index (χ1v) is 7.20. The Morgan fingerprint density at radius 3 is 2.78 bits per heavy atom. The third-order valence-corrected chi connectivity index (χ3v) is 3.61. The predicted octanol–water partition coefficient (Wildman–Crippen LogP) is 2.80. The van der Waals surface area contributed by atoms with Crippen molar-refractivity contribution < 1.29 is 9.53 Å². The van der Waals surface area contributed by atoms with Crippen LogP contribution in [0.25, 0.3) is 11.3 Å². The van der Waals surface area contributed by atoms with Crippen LogP contribution in [0.2, 0.25) is 5.02 Å². The van der Waals surface area contributed by atoms with E-state index >= 15 is 0 Å². The minimum absolute atomic E-state index is 0.0910. The fraction of sp³-hybridized carbons (Fsp3) is 0.0625. The van der Waals surface area contributed by atoms with E-state index in [1.54, 1.807) is 18.2 Å². The van der Waals surface area contributed by atoms with Gasteiger partial charge < -0.3 is 10.5 Å². The third kappa shape index (κ3) is 3.32. The number of nitrogens with two attached hydrogens (primary N) is 1. The number of ether oxygens (including phenoxy) is 1. The summed E-state index contributed by atoms with van der Waals surface area (Å²) in [7, 11) is 0. The SMILES string of the molecule is NC(=O)c1n[nH]nc1-c1cccc(OCc2ccccc2Cl)c1. The molecule has 0 fully saturated rings. The van der Waals surface area contributed by atoms with Crippen LogP contribution in [0.3, 0.4) is 0 Å². The van der Waals surface area contributed by atoms with Crippen molar-refractivity contribution in [3.63, 3.8) is 0 Å². The van der Waals surface area contributed by atoms with Crippen molar-refractivity contribution in [3.05, 3.63) is 64.8 Å². The number of H-pyrrole nitrogens is 1. The topological polar surface area (TPSA) is 93.9 Å². The van der Waals surface area contributed by atoms with Crippen molar-refractivity contribution in [2.24, 2.45) is 5.73 Å². The lowest BCUT2D eigenvalue weighted by molar-refractivity contribution is 0.0996. The number of aromatic amines is 1. The Balaban J connectivity index is 1.82. The lowest BCUT2D eigenvalue weighted by Gasteiger charge is -2.08. The summed E-state index contributed by atoms with van der Waals surface area (Å²) in [4.78, 5) is 11.3. The van der Waals surface area contributed by atoms with Gasteiger partial charge >= 0.3 is 0 Å². The Labute approximate surface area is 137 Å². The maximum Gasteiger partial charge on any atom is 0.271 e. The van der Waals surface area contributed by atoms with E-state index in [4.69, 9.17) is 22.1 Å². The molecule has 23 heavy (non-hydrogen) atoms. The summed E-state index contributed by atoms with van der Waals surface area (Å²) in [5.41, 5.74) is 7.33. The van der Waals surface area contributed by atoms with E-state index in [1.807, 2.05) is 30.3 Å². The summed E-state index contributed by atoms with van der Waals surface area (Å²) in [6, 6.07) is 14.6. The van der Waals surface area contributed by atoms with Crippen molar-refractivity contribution in [3.8, 4) is 17.0 Å². The number of hydrogen-bond donors (Lipinski definition) is 2. The van der Waals surface area contributed by atoms with Crippen LogP contribution in [0.4, 0.5) is 0 Å². The van der Waals surface area contributed by atoms with Crippen LogP contribution in [-0.2, 0) is 6.61 Å². The van der Waals surface area contributed by atoms with Gasteiger partial charge in [0.05, 0.1) is 0 Å². The number of hydrogen-bond acceptors (Lipinski definition) is 4. The molecule has 2 aromatic carbocycles. The predicted molar refractivity (Wildman–Crippen MR) is 86.1 cm³/mol. The van der Waals surface area contributed by atoms with Gasteiger partial charge in [-0.2, -0.15) is 15.4 Å². The van der Waals surface area contributed by atoms with Crippen LogP contribution in [0.1, 0.15) is 16.1 Å². The van der Waals surface area contributed by atoms with Gasteiger partial charge in [-0.3, -0.25) is 4.79 Å². The molecule has 3 N–H and O–H groups in total. The number of primary amides is 1. The molecule has 0 bridgehead atoms. The highest BCUT2D eigenvalue weighted by atomic mass is 35.5. The number of rotatable bonds is 5. The molecule has 0 aliphatic carbocycles. The maximum absolute atomic E-state index is 11.3. The van der Waals surface area contributed by atoms with Gasteiger partial charge in [0.1, 0.15) is 18.1 Å². The minimum Gasteiger partial charge on any atom is -0.489 e. The lowest BCUT2D eigenvalue weighted by Crippen LogP contribution is -2.12. The van der Waals surface area contributed by atoms with E-state index in [0.717, 1.165) is 5.56 Å². The number of amides is 1. The molecule has 0 atom stereocenters. The molecular weight excluding hydrogens is 316 g/mol. The summed E-state index contributed by atoms with van der Waals surface area (Å²) in [6.45, 7) is 0.338. The van der Waals surface area contributed by atoms with Crippen molar-refractivity contribution in [2.75, 3.05) is 0 Å². The molecule has 0 saturated heterocycles. The molecule has 3 rings (SSSR count). The van der Waals surface area contributed by atoms with Crippen molar-refractivity contribution >= 4 is 17.5 Å². The van der Waals surface area contributed by atoms with Crippen molar-refractivity contribution in [2.45, 2.75) is 6.61 Å². The van der Waals surface area contributed by atoms with Crippen LogP contribution in [0.15, 0.2) is 48.5 Å². The van der Waals surface area contributed by atoms with Gasteiger partial charge in [-0.1, -0.05) is 41.9 Å². The lowest BCUT2D eigenvalue weighted by atomic mass is 10.1. The van der Waals surface area contributed by atoms with E-state index < -0.39 is 5.91 Å². The highest BCUT2D eigenvalue weighted by Crippen LogP contribution is 2.25. The fourth-order valence-corrected chi connectivity index (χ4v) is 2.30. The second kappa shape index (κ2) is 6.50. The van der Waals surface area contributed by atoms with E-state index in [-0.39, 0.29) is 5.69 Å².